The van der Waals surface area contributed by atoms with E-state index in [-0.39, 0.29) is 19.1 Å². The first-order valence-corrected chi connectivity index (χ1v) is 7.83. The smallest absolute Gasteiger partial charge is 0.334 e. The molecule has 5 heteroatoms. The maximum atomic E-state index is 13.2. The Bertz CT molecular complexity index is 551. The first-order valence-electron chi connectivity index (χ1n) is 7.83. The summed E-state index contributed by atoms with van der Waals surface area (Å²) in [6, 6.07) is 9.90. The highest BCUT2D eigenvalue weighted by atomic mass is 16.5. The number of hydrogen-bond donors (Lipinski definition) is 1. The van der Waals surface area contributed by atoms with E-state index >= 15 is 0 Å². The molecule has 0 spiro atoms. The summed E-state index contributed by atoms with van der Waals surface area (Å²) in [5.41, 5.74) is 0.567. The van der Waals surface area contributed by atoms with E-state index < -0.39 is 17.5 Å². The largest absolute Gasteiger partial charge is 0.479 e. The SMILES string of the molecule is O=C(O)C1CN(C(=O)C2(c3ccccc3)CCCC2)CCO1. The summed E-state index contributed by atoms with van der Waals surface area (Å²) >= 11 is 0. The number of rotatable bonds is 3. The van der Waals surface area contributed by atoms with Crippen molar-refractivity contribution in [1.29, 1.82) is 0 Å². The van der Waals surface area contributed by atoms with Crippen molar-refractivity contribution < 1.29 is 19.4 Å². The van der Waals surface area contributed by atoms with Crippen LogP contribution in [0.3, 0.4) is 0 Å². The first-order chi connectivity index (χ1) is 10.6. The van der Waals surface area contributed by atoms with E-state index in [4.69, 9.17) is 9.84 Å². The van der Waals surface area contributed by atoms with Crippen LogP contribution in [0.4, 0.5) is 0 Å². The van der Waals surface area contributed by atoms with Gasteiger partial charge in [0.15, 0.2) is 6.10 Å². The summed E-state index contributed by atoms with van der Waals surface area (Å²) in [4.78, 5) is 26.0. The molecule has 3 rings (SSSR count). The molecule has 1 aliphatic carbocycles. The molecule has 118 valence electrons. The number of carboxylic acids is 1. The second-order valence-electron chi connectivity index (χ2n) is 6.10. The van der Waals surface area contributed by atoms with E-state index in [1.807, 2.05) is 30.3 Å². The Labute approximate surface area is 129 Å². The van der Waals surface area contributed by atoms with Crippen LogP contribution < -0.4 is 0 Å². The van der Waals surface area contributed by atoms with Crippen molar-refractivity contribution in [2.75, 3.05) is 19.7 Å². The number of aliphatic carboxylic acids is 1. The van der Waals surface area contributed by atoms with E-state index in [2.05, 4.69) is 0 Å². The summed E-state index contributed by atoms with van der Waals surface area (Å²) in [6.45, 7) is 0.896. The highest BCUT2D eigenvalue weighted by Crippen LogP contribution is 2.42. The Morgan fingerprint density at radius 1 is 1.18 bits per heavy atom. The molecule has 22 heavy (non-hydrogen) atoms. The van der Waals surface area contributed by atoms with Crippen LogP contribution >= 0.6 is 0 Å². The number of ether oxygens (including phenoxy) is 1. The lowest BCUT2D eigenvalue weighted by molar-refractivity contribution is -0.161. The molecular weight excluding hydrogens is 282 g/mol. The molecule has 1 aliphatic heterocycles. The van der Waals surface area contributed by atoms with Gasteiger partial charge in [0.05, 0.1) is 18.6 Å². The number of amides is 1. The fourth-order valence-electron chi connectivity index (χ4n) is 3.65. The third kappa shape index (κ3) is 2.61. The number of hydrogen-bond acceptors (Lipinski definition) is 3. The normalized spacial score (nSPS) is 24.2. The van der Waals surface area contributed by atoms with Crippen molar-refractivity contribution in [3.63, 3.8) is 0 Å². The van der Waals surface area contributed by atoms with E-state index in [1.165, 1.54) is 0 Å². The van der Waals surface area contributed by atoms with Crippen LogP contribution in [-0.4, -0.2) is 47.7 Å². The van der Waals surface area contributed by atoms with Gasteiger partial charge in [0.25, 0.3) is 0 Å². The second-order valence-corrected chi connectivity index (χ2v) is 6.10. The van der Waals surface area contributed by atoms with E-state index in [0.29, 0.717) is 6.54 Å². The van der Waals surface area contributed by atoms with Crippen LogP contribution in [0.5, 0.6) is 0 Å². The van der Waals surface area contributed by atoms with Crippen LogP contribution in [0.15, 0.2) is 30.3 Å². The summed E-state index contributed by atoms with van der Waals surface area (Å²) in [5, 5.41) is 9.12. The summed E-state index contributed by atoms with van der Waals surface area (Å²) in [5.74, 6) is -0.941. The van der Waals surface area contributed by atoms with E-state index in [1.54, 1.807) is 4.90 Å². The average Bonchev–Trinajstić information content (AvgIpc) is 3.06. The lowest BCUT2D eigenvalue weighted by Crippen LogP contribution is -2.54. The highest BCUT2D eigenvalue weighted by molar-refractivity contribution is 5.89. The van der Waals surface area contributed by atoms with E-state index in [0.717, 1.165) is 31.2 Å². The Morgan fingerprint density at radius 2 is 1.86 bits per heavy atom. The van der Waals surface area contributed by atoms with Gasteiger partial charge in [0, 0.05) is 6.54 Å². The van der Waals surface area contributed by atoms with E-state index in [9.17, 15) is 9.59 Å². The fourth-order valence-corrected chi connectivity index (χ4v) is 3.65. The Hall–Kier alpha value is -1.88. The van der Waals surface area contributed by atoms with Crippen LogP contribution in [0.25, 0.3) is 0 Å². The minimum absolute atomic E-state index is 0.0609. The molecule has 1 aromatic rings. The van der Waals surface area contributed by atoms with Gasteiger partial charge in [0.1, 0.15) is 0 Å². The Balaban J connectivity index is 1.86. The number of carbonyl (C=O) groups excluding carboxylic acids is 1. The molecular formula is C17H21NO4. The van der Waals surface area contributed by atoms with Crippen molar-refractivity contribution in [1.82, 2.24) is 4.90 Å². The van der Waals surface area contributed by atoms with Gasteiger partial charge < -0.3 is 14.7 Å². The monoisotopic (exact) mass is 303 g/mol. The topological polar surface area (TPSA) is 66.8 Å². The Morgan fingerprint density at radius 3 is 2.50 bits per heavy atom. The minimum Gasteiger partial charge on any atom is -0.479 e. The Kier molecular flexibility index (Phi) is 4.16. The molecule has 1 aromatic carbocycles. The first kappa shape index (κ1) is 15.0. The molecule has 1 unspecified atom stereocenters. The average molecular weight is 303 g/mol. The molecule has 0 bridgehead atoms. The number of benzene rings is 1. The number of morpholine rings is 1. The molecule has 0 radical (unpaired) electrons. The number of carbonyl (C=O) groups is 2. The van der Waals surface area contributed by atoms with Gasteiger partial charge >= 0.3 is 5.97 Å². The third-order valence-corrected chi connectivity index (χ3v) is 4.82. The summed E-state index contributed by atoms with van der Waals surface area (Å²) in [6.07, 6.45) is 2.84. The van der Waals surface area contributed by atoms with Crippen LogP contribution in [0.1, 0.15) is 31.2 Å². The molecule has 0 aromatic heterocycles. The van der Waals surface area contributed by atoms with Gasteiger partial charge in [-0.2, -0.15) is 0 Å². The minimum atomic E-state index is -1.00. The molecule has 2 aliphatic rings. The quantitative estimate of drug-likeness (QED) is 0.925. The summed E-state index contributed by atoms with van der Waals surface area (Å²) < 4.78 is 5.23. The van der Waals surface area contributed by atoms with Crippen molar-refractivity contribution in [3.05, 3.63) is 35.9 Å². The van der Waals surface area contributed by atoms with Crippen molar-refractivity contribution in [2.45, 2.75) is 37.2 Å². The molecule has 1 saturated carbocycles. The van der Waals surface area contributed by atoms with Crippen molar-refractivity contribution >= 4 is 11.9 Å². The number of nitrogens with zero attached hydrogens (tertiary/aromatic N) is 1. The predicted molar refractivity (Wildman–Crippen MR) is 80.5 cm³/mol. The molecule has 5 nitrogen and oxygen atoms in total. The van der Waals surface area contributed by atoms with Crippen LogP contribution in [0, 0.1) is 0 Å². The zero-order valence-electron chi connectivity index (χ0n) is 12.5. The molecule has 1 heterocycles. The summed E-state index contributed by atoms with van der Waals surface area (Å²) in [7, 11) is 0. The standard InChI is InChI=1S/C17H21NO4/c19-15(20)14-12-18(10-11-22-14)16(21)17(8-4-5-9-17)13-6-2-1-3-7-13/h1-3,6-7,14H,4-5,8-12H2,(H,19,20). The maximum Gasteiger partial charge on any atom is 0.334 e. The second kappa shape index (κ2) is 6.08. The zero-order valence-corrected chi connectivity index (χ0v) is 12.5. The maximum absolute atomic E-state index is 13.2. The fraction of sp³-hybridized carbons (Fsp3) is 0.529. The molecule has 1 amide bonds. The van der Waals surface area contributed by atoms with Gasteiger partial charge in [-0.3, -0.25) is 4.79 Å². The molecule has 1 saturated heterocycles. The lowest BCUT2D eigenvalue weighted by atomic mass is 9.77. The van der Waals surface area contributed by atoms with Gasteiger partial charge in [-0.05, 0) is 18.4 Å². The van der Waals surface area contributed by atoms with Crippen molar-refractivity contribution in [2.24, 2.45) is 0 Å². The third-order valence-electron chi connectivity index (χ3n) is 4.82. The van der Waals surface area contributed by atoms with Gasteiger partial charge in [-0.15, -0.1) is 0 Å². The molecule has 2 fully saturated rings. The van der Waals surface area contributed by atoms with Gasteiger partial charge in [-0.25, -0.2) is 4.79 Å². The molecule has 1 atom stereocenters. The highest BCUT2D eigenvalue weighted by Gasteiger charge is 2.46. The van der Waals surface area contributed by atoms with Crippen molar-refractivity contribution in [3.8, 4) is 0 Å². The predicted octanol–water partition coefficient (Wildman–Crippen LogP) is 1.81. The van der Waals surface area contributed by atoms with Gasteiger partial charge in [0.2, 0.25) is 5.91 Å². The van der Waals surface area contributed by atoms with Crippen LogP contribution in [0.2, 0.25) is 0 Å². The van der Waals surface area contributed by atoms with Gasteiger partial charge in [-0.1, -0.05) is 43.2 Å². The lowest BCUT2D eigenvalue weighted by Gasteiger charge is -2.38. The zero-order chi connectivity index (χ0) is 15.6. The van der Waals surface area contributed by atoms with Crippen LogP contribution in [-0.2, 0) is 19.7 Å². The number of carboxylic acid groups (broad SMARTS) is 1. The molecule has 1 N–H and O–H groups in total.